The fraction of sp³-hybridized carbons (Fsp3) is 0.222. The van der Waals surface area contributed by atoms with Crippen molar-refractivity contribution in [2.24, 2.45) is 0 Å². The Morgan fingerprint density at radius 2 is 1.81 bits per heavy atom. The molecule has 1 saturated heterocycles. The van der Waals surface area contributed by atoms with Gasteiger partial charge in [0.1, 0.15) is 16.4 Å². The maximum atomic E-state index is 12.9. The lowest BCUT2D eigenvalue weighted by molar-refractivity contribution is 0.0179. The second kappa shape index (κ2) is 7.20. The number of nitrogens with zero attached hydrogens (tertiary/aromatic N) is 6. The van der Waals surface area contributed by atoms with Crippen LogP contribution in [0.4, 0.5) is 0 Å². The molecular weight excluding hydrogens is 364 g/mol. The van der Waals surface area contributed by atoms with E-state index in [9.17, 15) is 9.59 Å². The van der Waals surface area contributed by atoms with Crippen LogP contribution in [0.1, 0.15) is 33.1 Å². The van der Waals surface area contributed by atoms with Crippen LogP contribution in [-0.4, -0.2) is 54.9 Å². The van der Waals surface area contributed by atoms with Crippen molar-refractivity contribution >= 4 is 23.2 Å². The van der Waals surface area contributed by atoms with Crippen LogP contribution in [0.3, 0.4) is 0 Å². The third kappa shape index (κ3) is 3.41. The van der Waals surface area contributed by atoms with Gasteiger partial charge in [-0.2, -0.15) is 0 Å². The van der Waals surface area contributed by atoms with E-state index in [0.717, 1.165) is 11.3 Å². The molecule has 136 valence electrons. The summed E-state index contributed by atoms with van der Waals surface area (Å²) >= 11 is 1.37. The molecular formula is C18H16N6O2S. The number of pyridine rings is 1. The number of amides is 2. The van der Waals surface area contributed by atoms with Crippen LogP contribution in [0, 0.1) is 6.92 Å². The predicted octanol–water partition coefficient (Wildman–Crippen LogP) is 2.21. The van der Waals surface area contributed by atoms with Crippen LogP contribution in [0.5, 0.6) is 0 Å². The zero-order valence-electron chi connectivity index (χ0n) is 14.6. The molecule has 4 heterocycles. The molecule has 0 aliphatic carbocycles. The highest BCUT2D eigenvalue weighted by molar-refractivity contribution is 7.13. The van der Waals surface area contributed by atoms with Crippen molar-refractivity contribution in [1.82, 2.24) is 30.0 Å². The first-order valence-electron chi connectivity index (χ1n) is 8.42. The summed E-state index contributed by atoms with van der Waals surface area (Å²) in [6.07, 6.45) is 7.06. The molecule has 0 atom stereocenters. The maximum absolute atomic E-state index is 12.9. The normalized spacial score (nSPS) is 13.8. The fourth-order valence-corrected chi connectivity index (χ4v) is 3.58. The number of hydrogen-bond donors (Lipinski definition) is 0. The van der Waals surface area contributed by atoms with E-state index in [1.54, 1.807) is 24.7 Å². The van der Waals surface area contributed by atoms with Gasteiger partial charge in [0, 0.05) is 42.6 Å². The highest BCUT2D eigenvalue weighted by atomic mass is 32.1. The summed E-state index contributed by atoms with van der Waals surface area (Å²) in [5.74, 6) is -0.636. The SMILES string of the molecule is Cc1cnc(C(=O)N2CCCN2C(=O)c2csc(-c3cccnc3)n2)cn1. The van der Waals surface area contributed by atoms with E-state index in [1.807, 2.05) is 12.1 Å². The van der Waals surface area contributed by atoms with Crippen molar-refractivity contribution in [3.8, 4) is 10.6 Å². The lowest BCUT2D eigenvalue weighted by Gasteiger charge is -2.26. The number of carbonyl (C=O) groups is 2. The maximum Gasteiger partial charge on any atom is 0.292 e. The molecule has 0 spiro atoms. The molecule has 27 heavy (non-hydrogen) atoms. The minimum absolute atomic E-state index is 0.217. The third-order valence-electron chi connectivity index (χ3n) is 4.13. The van der Waals surface area contributed by atoms with Crippen LogP contribution in [0.2, 0.25) is 0 Å². The van der Waals surface area contributed by atoms with Gasteiger partial charge in [0.05, 0.1) is 11.9 Å². The smallest absolute Gasteiger partial charge is 0.265 e. The van der Waals surface area contributed by atoms with E-state index in [-0.39, 0.29) is 17.5 Å². The Hall–Kier alpha value is -3.20. The number of rotatable bonds is 3. The summed E-state index contributed by atoms with van der Waals surface area (Å²) in [7, 11) is 0. The highest BCUT2D eigenvalue weighted by Gasteiger charge is 2.33. The standard InChI is InChI=1S/C18H16N6O2S/c1-12-8-21-14(10-20-12)17(25)23-6-3-7-24(23)18(26)15-11-27-16(22-15)13-4-2-5-19-9-13/h2,4-5,8-11H,3,6-7H2,1H3. The number of hydrogen-bond acceptors (Lipinski definition) is 7. The van der Waals surface area contributed by atoms with Crippen molar-refractivity contribution < 1.29 is 9.59 Å². The molecule has 3 aromatic rings. The van der Waals surface area contributed by atoms with Crippen LogP contribution in [0.15, 0.2) is 42.3 Å². The van der Waals surface area contributed by atoms with E-state index < -0.39 is 0 Å². The molecule has 8 nitrogen and oxygen atoms in total. The molecule has 1 fully saturated rings. The van der Waals surface area contributed by atoms with Crippen molar-refractivity contribution in [1.29, 1.82) is 0 Å². The summed E-state index contributed by atoms with van der Waals surface area (Å²) < 4.78 is 0. The third-order valence-corrected chi connectivity index (χ3v) is 5.02. The average Bonchev–Trinajstić information content (AvgIpc) is 3.38. The number of hydrazine groups is 1. The van der Waals surface area contributed by atoms with Crippen molar-refractivity contribution in [2.75, 3.05) is 13.1 Å². The number of aromatic nitrogens is 4. The van der Waals surface area contributed by atoms with Gasteiger partial charge in [-0.15, -0.1) is 11.3 Å². The van der Waals surface area contributed by atoms with Gasteiger partial charge in [0.2, 0.25) is 0 Å². The lowest BCUT2D eigenvalue weighted by Crippen LogP contribution is -2.45. The first-order valence-corrected chi connectivity index (χ1v) is 9.29. The topological polar surface area (TPSA) is 92.2 Å². The monoisotopic (exact) mass is 380 g/mol. The molecule has 0 N–H and O–H groups in total. The molecule has 0 radical (unpaired) electrons. The predicted molar refractivity (Wildman–Crippen MR) is 98.8 cm³/mol. The van der Waals surface area contributed by atoms with E-state index in [0.29, 0.717) is 30.2 Å². The largest absolute Gasteiger partial charge is 0.292 e. The van der Waals surface area contributed by atoms with Gasteiger partial charge < -0.3 is 0 Å². The first-order chi connectivity index (χ1) is 13.1. The molecule has 1 aliphatic heterocycles. The number of carbonyl (C=O) groups excluding carboxylic acids is 2. The summed E-state index contributed by atoms with van der Waals surface area (Å²) in [4.78, 5) is 42.4. The summed E-state index contributed by atoms with van der Waals surface area (Å²) in [6.45, 7) is 2.72. The zero-order valence-corrected chi connectivity index (χ0v) is 15.4. The second-order valence-electron chi connectivity index (χ2n) is 6.03. The van der Waals surface area contributed by atoms with Gasteiger partial charge in [-0.25, -0.2) is 20.0 Å². The van der Waals surface area contributed by atoms with Gasteiger partial charge in [-0.3, -0.25) is 19.6 Å². The Morgan fingerprint density at radius 3 is 2.48 bits per heavy atom. The number of thiazole rings is 1. The Balaban J connectivity index is 1.55. The van der Waals surface area contributed by atoms with E-state index in [1.165, 1.54) is 33.7 Å². The van der Waals surface area contributed by atoms with E-state index in [2.05, 4.69) is 19.9 Å². The van der Waals surface area contributed by atoms with Gasteiger partial charge in [-0.05, 0) is 25.5 Å². The molecule has 2 amide bonds. The quantitative estimate of drug-likeness (QED) is 0.692. The number of aryl methyl sites for hydroxylation is 1. The Labute approximate surface area is 159 Å². The summed E-state index contributed by atoms with van der Waals surface area (Å²) in [5, 5.41) is 5.28. The molecule has 9 heteroatoms. The van der Waals surface area contributed by atoms with Gasteiger partial charge >= 0.3 is 0 Å². The van der Waals surface area contributed by atoms with Gasteiger partial charge in [-0.1, -0.05) is 0 Å². The van der Waals surface area contributed by atoms with Crippen molar-refractivity contribution in [3.05, 3.63) is 59.4 Å². The van der Waals surface area contributed by atoms with E-state index >= 15 is 0 Å². The summed E-state index contributed by atoms with van der Waals surface area (Å²) in [5.41, 5.74) is 2.11. The Bertz CT molecular complexity index is 973. The molecule has 0 unspecified atom stereocenters. The van der Waals surface area contributed by atoms with Gasteiger partial charge in [0.25, 0.3) is 11.8 Å². The average molecular weight is 380 g/mol. The van der Waals surface area contributed by atoms with Crippen molar-refractivity contribution in [3.63, 3.8) is 0 Å². The molecule has 4 rings (SSSR count). The van der Waals surface area contributed by atoms with Crippen LogP contribution >= 0.6 is 11.3 Å². The first kappa shape index (κ1) is 17.2. The fourth-order valence-electron chi connectivity index (χ4n) is 2.80. The summed E-state index contributed by atoms with van der Waals surface area (Å²) in [6, 6.07) is 3.71. The molecule has 0 bridgehead atoms. The van der Waals surface area contributed by atoms with E-state index in [4.69, 9.17) is 0 Å². The van der Waals surface area contributed by atoms with Gasteiger partial charge in [0.15, 0.2) is 0 Å². The second-order valence-corrected chi connectivity index (χ2v) is 6.89. The van der Waals surface area contributed by atoms with Crippen molar-refractivity contribution in [2.45, 2.75) is 13.3 Å². The molecule has 3 aromatic heterocycles. The van der Waals surface area contributed by atoms with Crippen LogP contribution in [-0.2, 0) is 0 Å². The molecule has 0 aromatic carbocycles. The van der Waals surface area contributed by atoms with Crippen LogP contribution < -0.4 is 0 Å². The molecule has 1 aliphatic rings. The zero-order chi connectivity index (χ0) is 18.8. The minimum Gasteiger partial charge on any atom is -0.265 e. The highest BCUT2D eigenvalue weighted by Crippen LogP contribution is 2.25. The molecule has 0 saturated carbocycles. The lowest BCUT2D eigenvalue weighted by atomic mass is 10.3. The Kier molecular flexibility index (Phi) is 4.59. The Morgan fingerprint density at radius 1 is 1.04 bits per heavy atom. The van der Waals surface area contributed by atoms with Crippen LogP contribution in [0.25, 0.3) is 10.6 Å². The minimum atomic E-state index is -0.337.